The molecule has 0 spiro atoms. The van der Waals surface area contributed by atoms with Gasteiger partial charge in [-0.25, -0.2) is 0 Å². The molecule has 0 bridgehead atoms. The lowest BCUT2D eigenvalue weighted by Gasteiger charge is -2.12. The van der Waals surface area contributed by atoms with Gasteiger partial charge in [0, 0.05) is 24.7 Å². The number of hydrogen-bond acceptors (Lipinski definition) is 3. The van der Waals surface area contributed by atoms with Gasteiger partial charge in [-0.1, -0.05) is 25.1 Å². The summed E-state index contributed by atoms with van der Waals surface area (Å²) in [7, 11) is 1.73. The van der Waals surface area contributed by atoms with Gasteiger partial charge in [0.15, 0.2) is 0 Å². The minimum atomic E-state index is 0.235. The van der Waals surface area contributed by atoms with E-state index in [9.17, 15) is 0 Å². The van der Waals surface area contributed by atoms with Gasteiger partial charge < -0.3 is 14.5 Å². The fourth-order valence-corrected chi connectivity index (χ4v) is 2.46. The SMILES string of the molecule is CCc1c(C(C)NCCCOC)oc2ccccc12. The second-order valence-electron chi connectivity index (χ2n) is 4.82. The van der Waals surface area contributed by atoms with Crippen molar-refractivity contribution in [3.63, 3.8) is 0 Å². The molecule has 1 heterocycles. The lowest BCUT2D eigenvalue weighted by Crippen LogP contribution is -2.21. The minimum absolute atomic E-state index is 0.235. The van der Waals surface area contributed by atoms with Crippen LogP contribution < -0.4 is 5.32 Å². The Morgan fingerprint density at radius 3 is 2.84 bits per heavy atom. The number of benzene rings is 1. The maximum absolute atomic E-state index is 6.02. The maximum atomic E-state index is 6.02. The van der Waals surface area contributed by atoms with Crippen LogP contribution in [0.1, 0.15) is 37.6 Å². The number of para-hydroxylation sites is 1. The highest BCUT2D eigenvalue weighted by atomic mass is 16.5. The monoisotopic (exact) mass is 261 g/mol. The molecule has 0 amide bonds. The molecule has 0 fully saturated rings. The number of furan rings is 1. The number of nitrogens with one attached hydrogen (secondary N) is 1. The Morgan fingerprint density at radius 2 is 2.11 bits per heavy atom. The molecule has 0 saturated carbocycles. The van der Waals surface area contributed by atoms with Crippen LogP contribution >= 0.6 is 0 Å². The second-order valence-corrected chi connectivity index (χ2v) is 4.82. The van der Waals surface area contributed by atoms with E-state index in [1.54, 1.807) is 7.11 Å². The number of fused-ring (bicyclic) bond motifs is 1. The summed E-state index contributed by atoms with van der Waals surface area (Å²) in [4.78, 5) is 0. The van der Waals surface area contributed by atoms with Gasteiger partial charge in [-0.3, -0.25) is 0 Å². The molecule has 1 aromatic heterocycles. The largest absolute Gasteiger partial charge is 0.459 e. The number of aryl methyl sites for hydroxylation is 1. The molecule has 0 aliphatic heterocycles. The predicted molar refractivity (Wildman–Crippen MR) is 78.5 cm³/mol. The molecule has 1 aromatic carbocycles. The molecule has 2 aromatic rings. The quantitative estimate of drug-likeness (QED) is 0.772. The highest BCUT2D eigenvalue weighted by molar-refractivity contribution is 5.82. The standard InChI is InChI=1S/C16H23NO2/c1-4-13-14-8-5-6-9-15(14)19-16(13)12(2)17-10-7-11-18-3/h5-6,8-9,12,17H,4,7,10-11H2,1-3H3. The van der Waals surface area contributed by atoms with Gasteiger partial charge in [-0.15, -0.1) is 0 Å². The molecular formula is C16H23NO2. The summed E-state index contributed by atoms with van der Waals surface area (Å²) in [6.07, 6.45) is 2.01. The van der Waals surface area contributed by atoms with Crippen LogP contribution in [-0.4, -0.2) is 20.3 Å². The molecule has 1 unspecified atom stereocenters. The molecule has 3 nitrogen and oxygen atoms in total. The highest BCUT2D eigenvalue weighted by Crippen LogP contribution is 2.30. The Balaban J connectivity index is 2.14. The Bertz CT molecular complexity index is 518. The van der Waals surface area contributed by atoms with Gasteiger partial charge in [-0.2, -0.15) is 0 Å². The smallest absolute Gasteiger partial charge is 0.134 e. The van der Waals surface area contributed by atoms with E-state index in [2.05, 4.69) is 31.3 Å². The van der Waals surface area contributed by atoms with E-state index in [1.165, 1.54) is 10.9 Å². The van der Waals surface area contributed by atoms with Crippen LogP contribution in [0.4, 0.5) is 0 Å². The molecule has 0 aliphatic carbocycles. The molecule has 1 N–H and O–H groups in total. The first-order valence-electron chi connectivity index (χ1n) is 7.00. The van der Waals surface area contributed by atoms with E-state index in [1.807, 2.05) is 12.1 Å². The van der Waals surface area contributed by atoms with E-state index >= 15 is 0 Å². The molecule has 1 atom stereocenters. The van der Waals surface area contributed by atoms with Crippen LogP contribution in [0.2, 0.25) is 0 Å². The van der Waals surface area contributed by atoms with E-state index in [0.717, 1.165) is 37.3 Å². The Hall–Kier alpha value is -1.32. The predicted octanol–water partition coefficient (Wildman–Crippen LogP) is 3.68. The number of ether oxygens (including phenoxy) is 1. The van der Waals surface area contributed by atoms with Crippen LogP contribution in [0.15, 0.2) is 28.7 Å². The molecule has 104 valence electrons. The summed E-state index contributed by atoms with van der Waals surface area (Å²) in [5, 5.41) is 4.74. The third-order valence-corrected chi connectivity index (χ3v) is 3.45. The number of rotatable bonds is 7. The topological polar surface area (TPSA) is 34.4 Å². The molecule has 2 rings (SSSR count). The van der Waals surface area contributed by atoms with Gasteiger partial charge in [0.1, 0.15) is 11.3 Å². The summed E-state index contributed by atoms with van der Waals surface area (Å²) in [6.45, 7) is 6.07. The zero-order chi connectivity index (χ0) is 13.7. The normalized spacial score (nSPS) is 13.0. The van der Waals surface area contributed by atoms with Crippen molar-refractivity contribution in [2.24, 2.45) is 0 Å². The molecule has 0 radical (unpaired) electrons. The summed E-state index contributed by atoms with van der Waals surface area (Å²) in [6, 6.07) is 8.50. The van der Waals surface area contributed by atoms with Crippen molar-refractivity contribution in [2.45, 2.75) is 32.7 Å². The fourth-order valence-electron chi connectivity index (χ4n) is 2.46. The van der Waals surface area contributed by atoms with Crippen molar-refractivity contribution in [3.8, 4) is 0 Å². The lowest BCUT2D eigenvalue weighted by molar-refractivity contribution is 0.193. The first-order chi connectivity index (χ1) is 9.27. The van der Waals surface area contributed by atoms with Crippen molar-refractivity contribution in [2.75, 3.05) is 20.3 Å². The summed E-state index contributed by atoms with van der Waals surface area (Å²) in [5.74, 6) is 1.07. The molecule has 3 heteroatoms. The van der Waals surface area contributed by atoms with Crippen LogP contribution in [-0.2, 0) is 11.2 Å². The van der Waals surface area contributed by atoms with E-state index < -0.39 is 0 Å². The summed E-state index contributed by atoms with van der Waals surface area (Å²) >= 11 is 0. The zero-order valence-corrected chi connectivity index (χ0v) is 12.0. The molecule has 0 aliphatic rings. The lowest BCUT2D eigenvalue weighted by atomic mass is 10.1. The second kappa shape index (κ2) is 6.73. The van der Waals surface area contributed by atoms with Gasteiger partial charge in [0.25, 0.3) is 0 Å². The van der Waals surface area contributed by atoms with Crippen molar-refractivity contribution in [1.29, 1.82) is 0 Å². The average molecular weight is 261 g/mol. The van der Waals surface area contributed by atoms with Crippen molar-refractivity contribution in [3.05, 3.63) is 35.6 Å². The molecular weight excluding hydrogens is 238 g/mol. The van der Waals surface area contributed by atoms with E-state index in [0.29, 0.717) is 0 Å². The highest BCUT2D eigenvalue weighted by Gasteiger charge is 2.17. The average Bonchev–Trinajstić information content (AvgIpc) is 2.82. The first-order valence-corrected chi connectivity index (χ1v) is 7.00. The van der Waals surface area contributed by atoms with Gasteiger partial charge in [0.2, 0.25) is 0 Å². The van der Waals surface area contributed by atoms with Crippen LogP contribution in [0.3, 0.4) is 0 Å². The van der Waals surface area contributed by atoms with Crippen molar-refractivity contribution in [1.82, 2.24) is 5.32 Å². The van der Waals surface area contributed by atoms with Crippen molar-refractivity contribution < 1.29 is 9.15 Å². The number of methoxy groups -OCH3 is 1. The van der Waals surface area contributed by atoms with Gasteiger partial charge >= 0.3 is 0 Å². The first kappa shape index (κ1) is 14.1. The van der Waals surface area contributed by atoms with E-state index in [4.69, 9.17) is 9.15 Å². The van der Waals surface area contributed by atoms with E-state index in [-0.39, 0.29) is 6.04 Å². The van der Waals surface area contributed by atoms with Crippen LogP contribution in [0.25, 0.3) is 11.0 Å². The van der Waals surface area contributed by atoms with Crippen LogP contribution in [0.5, 0.6) is 0 Å². The van der Waals surface area contributed by atoms with Crippen LogP contribution in [0, 0.1) is 0 Å². The Labute approximate surface area is 114 Å². The number of hydrogen-bond donors (Lipinski definition) is 1. The third kappa shape index (κ3) is 3.17. The summed E-state index contributed by atoms with van der Waals surface area (Å²) < 4.78 is 11.1. The van der Waals surface area contributed by atoms with Crippen molar-refractivity contribution >= 4 is 11.0 Å². The fraction of sp³-hybridized carbons (Fsp3) is 0.500. The minimum Gasteiger partial charge on any atom is -0.459 e. The Kier molecular flexibility index (Phi) is 5.00. The van der Waals surface area contributed by atoms with Gasteiger partial charge in [0.05, 0.1) is 6.04 Å². The third-order valence-electron chi connectivity index (χ3n) is 3.45. The Morgan fingerprint density at radius 1 is 1.32 bits per heavy atom. The molecule has 0 saturated heterocycles. The molecule has 19 heavy (non-hydrogen) atoms. The summed E-state index contributed by atoms with van der Waals surface area (Å²) in [5.41, 5.74) is 2.31. The van der Waals surface area contributed by atoms with Gasteiger partial charge in [-0.05, 0) is 32.4 Å². The maximum Gasteiger partial charge on any atom is 0.134 e. The zero-order valence-electron chi connectivity index (χ0n) is 12.0.